The van der Waals surface area contributed by atoms with Gasteiger partial charge in [-0.2, -0.15) is 0 Å². The van der Waals surface area contributed by atoms with Crippen LogP contribution in [0.5, 0.6) is 0 Å². The maximum atomic E-state index is 13.2. The molecule has 8 aliphatic heterocycles. The lowest BCUT2D eigenvalue weighted by Crippen LogP contribution is -2.71. The highest BCUT2D eigenvalue weighted by atomic mass is 17.3. The minimum absolute atomic E-state index is 0.0238. The first-order chi connectivity index (χ1) is 24.2. The lowest BCUT2D eigenvalue weighted by molar-refractivity contribution is -0.572. The Hall–Kier alpha value is -1.67. The largest absolute Gasteiger partial charge is 0.478 e. The van der Waals surface area contributed by atoms with Gasteiger partial charge < -0.3 is 29.2 Å². The zero-order valence-corrected chi connectivity index (χ0v) is 30.9. The zero-order valence-electron chi connectivity index (χ0n) is 30.9. The fraction of sp³-hybridized carbons (Fsp3) is 0.825. The first kappa shape index (κ1) is 35.1. The molecule has 1 aromatic rings. The van der Waals surface area contributed by atoms with Crippen LogP contribution in [0.2, 0.25) is 0 Å². The van der Waals surface area contributed by atoms with E-state index in [0.29, 0.717) is 17.4 Å². The van der Waals surface area contributed by atoms with Crippen molar-refractivity contribution in [3.8, 4) is 0 Å². The summed E-state index contributed by atoms with van der Waals surface area (Å²) >= 11 is 0. The summed E-state index contributed by atoms with van der Waals surface area (Å²) in [6.07, 6.45) is 5.97. The Morgan fingerprint density at radius 2 is 1.14 bits per heavy atom. The van der Waals surface area contributed by atoms with Gasteiger partial charge in [0.25, 0.3) is 0 Å². The highest BCUT2D eigenvalue weighted by Crippen LogP contribution is 2.63. The highest BCUT2D eigenvalue weighted by molar-refractivity contribution is 5.87. The number of hydrogen-bond donors (Lipinski definition) is 2. The van der Waals surface area contributed by atoms with Crippen molar-refractivity contribution in [2.24, 2.45) is 47.3 Å². The van der Waals surface area contributed by atoms with Crippen LogP contribution >= 0.6 is 0 Å². The molecule has 11 heteroatoms. The number of benzene rings is 1. The van der Waals surface area contributed by atoms with Crippen molar-refractivity contribution < 1.29 is 53.5 Å². The van der Waals surface area contributed by atoms with Gasteiger partial charge in [0.05, 0.1) is 23.4 Å². The van der Waals surface area contributed by atoms with Gasteiger partial charge in [0.1, 0.15) is 0 Å². The van der Waals surface area contributed by atoms with Gasteiger partial charge in [0.15, 0.2) is 23.8 Å². The quantitative estimate of drug-likeness (QED) is 0.300. The van der Waals surface area contributed by atoms with E-state index in [0.717, 1.165) is 51.4 Å². The Kier molecular flexibility index (Phi) is 8.19. The van der Waals surface area contributed by atoms with E-state index in [-0.39, 0.29) is 66.1 Å². The number of rotatable bonds is 6. The lowest BCUT2D eigenvalue weighted by Gasteiger charge is -2.61. The van der Waals surface area contributed by atoms with Crippen molar-refractivity contribution in [1.82, 2.24) is 0 Å². The Labute approximate surface area is 300 Å². The van der Waals surface area contributed by atoms with Crippen LogP contribution in [0.4, 0.5) is 0 Å². The highest BCUT2D eigenvalue weighted by Gasteiger charge is 2.71. The van der Waals surface area contributed by atoms with Crippen LogP contribution in [-0.4, -0.2) is 63.7 Å². The number of carboxylic acid groups (broad SMARTS) is 1. The predicted octanol–water partition coefficient (Wildman–Crippen LogP) is 6.85. The molecule has 8 heterocycles. The minimum Gasteiger partial charge on any atom is -0.478 e. The number of carboxylic acids is 1. The summed E-state index contributed by atoms with van der Waals surface area (Å²) < 4.78 is 27.3. The van der Waals surface area contributed by atoms with Crippen molar-refractivity contribution in [3.05, 3.63) is 35.4 Å². The van der Waals surface area contributed by atoms with E-state index in [9.17, 15) is 15.0 Å². The maximum Gasteiger partial charge on any atom is 0.335 e. The summed E-state index contributed by atoms with van der Waals surface area (Å²) in [7, 11) is 0. The van der Waals surface area contributed by atoms with E-state index in [4.69, 9.17) is 38.5 Å². The predicted molar refractivity (Wildman–Crippen MR) is 180 cm³/mol. The molecule has 4 bridgehead atoms. The van der Waals surface area contributed by atoms with Gasteiger partial charge in [-0.05, 0) is 106 Å². The topological polar surface area (TPSA) is 131 Å². The number of ether oxygens (including phenoxy) is 4. The molecule has 11 nitrogen and oxygen atoms in total. The Balaban J connectivity index is 1.06. The van der Waals surface area contributed by atoms with Gasteiger partial charge in [0.2, 0.25) is 11.6 Å². The number of hydrogen-bond acceptors (Lipinski definition) is 10. The van der Waals surface area contributed by atoms with Crippen LogP contribution in [0.1, 0.15) is 122 Å². The molecule has 2 spiro atoms. The van der Waals surface area contributed by atoms with Gasteiger partial charge in [-0.15, -0.1) is 0 Å². The fourth-order valence-corrected chi connectivity index (χ4v) is 12.3. The van der Waals surface area contributed by atoms with Crippen LogP contribution in [0.3, 0.4) is 0 Å². The number of aliphatic hydroxyl groups is 1. The third kappa shape index (κ3) is 5.12. The Morgan fingerprint density at radius 3 is 1.57 bits per heavy atom. The van der Waals surface area contributed by atoms with Crippen molar-refractivity contribution in [2.75, 3.05) is 0 Å². The maximum absolute atomic E-state index is 13.2. The first-order valence-electron chi connectivity index (χ1n) is 19.7. The molecule has 10 aliphatic rings. The van der Waals surface area contributed by atoms with Crippen molar-refractivity contribution in [2.45, 2.75) is 159 Å². The third-order valence-electron chi connectivity index (χ3n) is 15.3. The molecular formula is C40H56O11. The molecule has 2 N–H and O–H groups in total. The van der Waals surface area contributed by atoms with Crippen molar-refractivity contribution >= 4 is 5.97 Å². The molecule has 8 unspecified atom stereocenters. The summed E-state index contributed by atoms with van der Waals surface area (Å²) in [4.78, 5) is 36.8. The van der Waals surface area contributed by atoms with Gasteiger partial charge in [0, 0.05) is 37.5 Å². The van der Waals surface area contributed by atoms with Gasteiger partial charge >= 0.3 is 5.97 Å². The van der Waals surface area contributed by atoms with E-state index in [1.807, 2.05) is 13.8 Å². The Bertz CT molecular complexity index is 1440. The SMILES string of the molecule is C[C@@H]1CC[C@H]2[C@@H](C)C(CC(O)(CC3OC4O[C@]5(C)CC[C@H]6[C@H](C)CC[C@@H]([C@H]3C)C46OO5)c3ccc(C(=O)O)cc3)OC3O[C@]4(C)CCC1C32OO4. The first-order valence-corrected chi connectivity index (χ1v) is 19.7. The molecule has 10 fully saturated rings. The van der Waals surface area contributed by atoms with Gasteiger partial charge in [-0.3, -0.25) is 0 Å². The molecule has 0 amide bonds. The molecule has 11 rings (SSSR count). The summed E-state index contributed by atoms with van der Waals surface area (Å²) in [5, 5.41) is 22.9. The standard InChI is InChI=1S/C40H56O11/c1-21-7-13-29-23(3)31(44-34-39(29)27(21)15-17-36(5,46-34)48-50-39)19-38(43,26-11-9-25(10-12-26)33(41)42)20-32-24(4)30-14-8-22(2)28-16-18-37(6)47-35(45-32)40(28,30)51-49-37/h9-12,21-24,27-32,34-35,43H,7-8,13-20H2,1-6H3,(H,41,42)/t21-,22-,23-,24-,27+,28?,29+,30+,31?,32?,34?,35?,36+,37+,38?,39?,40?/m1/s1. The minimum atomic E-state index is -1.43. The average Bonchev–Trinajstić information content (AvgIpc) is 3.47. The third-order valence-corrected chi connectivity index (χ3v) is 15.3. The average molecular weight is 713 g/mol. The monoisotopic (exact) mass is 712 g/mol. The molecule has 8 saturated heterocycles. The van der Waals surface area contributed by atoms with Crippen LogP contribution in [0.25, 0.3) is 0 Å². The van der Waals surface area contributed by atoms with Crippen molar-refractivity contribution in [3.63, 3.8) is 0 Å². The second kappa shape index (κ2) is 11.9. The summed E-state index contributed by atoms with van der Waals surface area (Å²) in [6.45, 7) is 12.9. The molecule has 1 aromatic carbocycles. The second-order valence-corrected chi connectivity index (χ2v) is 18.2. The summed E-state index contributed by atoms with van der Waals surface area (Å²) in [5.41, 5.74) is -2.04. The van der Waals surface area contributed by atoms with Crippen molar-refractivity contribution in [1.29, 1.82) is 0 Å². The van der Waals surface area contributed by atoms with Crippen LogP contribution in [0, 0.1) is 47.3 Å². The molecule has 0 aromatic heterocycles. The molecule has 51 heavy (non-hydrogen) atoms. The fourth-order valence-electron chi connectivity index (χ4n) is 12.3. The van der Waals surface area contributed by atoms with E-state index < -0.39 is 46.9 Å². The molecule has 0 radical (unpaired) electrons. The summed E-state index contributed by atoms with van der Waals surface area (Å²) in [5.74, 6) is -1.16. The smallest absolute Gasteiger partial charge is 0.335 e. The second-order valence-electron chi connectivity index (χ2n) is 18.2. The number of aromatic carboxylic acids is 1. The molecule has 17 atom stereocenters. The van der Waals surface area contributed by atoms with Gasteiger partial charge in [-0.1, -0.05) is 39.8 Å². The van der Waals surface area contributed by atoms with Gasteiger partial charge in [-0.25, -0.2) is 24.3 Å². The van der Waals surface area contributed by atoms with E-state index in [2.05, 4.69) is 27.7 Å². The molecule has 282 valence electrons. The number of carbonyl (C=O) groups is 1. The Morgan fingerprint density at radius 1 is 0.686 bits per heavy atom. The molecule has 2 saturated carbocycles. The zero-order chi connectivity index (χ0) is 35.7. The lowest BCUT2D eigenvalue weighted by atomic mass is 9.56. The normalized spacial score (nSPS) is 52.5. The summed E-state index contributed by atoms with van der Waals surface area (Å²) in [6, 6.07) is 6.63. The molecule has 2 aliphatic carbocycles. The van der Waals surface area contributed by atoms with Crippen LogP contribution in [-0.2, 0) is 44.1 Å². The van der Waals surface area contributed by atoms with Crippen LogP contribution < -0.4 is 0 Å². The van der Waals surface area contributed by atoms with E-state index in [1.54, 1.807) is 24.3 Å². The number of fused-ring (bicyclic) bond motifs is 4. The van der Waals surface area contributed by atoms with Crippen LogP contribution in [0.15, 0.2) is 24.3 Å². The van der Waals surface area contributed by atoms with E-state index >= 15 is 0 Å². The van der Waals surface area contributed by atoms with E-state index in [1.165, 1.54) is 0 Å². The molecular weight excluding hydrogens is 656 g/mol.